The van der Waals surface area contributed by atoms with Crippen molar-refractivity contribution < 1.29 is 9.84 Å². The van der Waals surface area contributed by atoms with E-state index in [0.717, 1.165) is 16.9 Å². The number of hydrogen-bond acceptors (Lipinski definition) is 2. The molecule has 0 aliphatic carbocycles. The Labute approximate surface area is 105 Å². The van der Waals surface area contributed by atoms with Gasteiger partial charge in [0.1, 0.15) is 18.1 Å². The molecule has 0 spiro atoms. The third kappa shape index (κ3) is 3.40. The predicted octanol–water partition coefficient (Wildman–Crippen LogP) is 3.71. The maximum absolute atomic E-state index is 9.31. The number of hydrogen-bond donors (Lipinski definition) is 1. The van der Waals surface area contributed by atoms with Crippen LogP contribution in [0.4, 0.5) is 0 Å². The number of ether oxygens (including phenoxy) is 1. The average molecular weight is 249 g/mol. The van der Waals surface area contributed by atoms with E-state index in [1.54, 1.807) is 18.2 Å². The zero-order valence-electron chi connectivity index (χ0n) is 9.27. The van der Waals surface area contributed by atoms with Gasteiger partial charge in [-0.3, -0.25) is 0 Å². The quantitative estimate of drug-likeness (QED) is 0.836. The lowest BCUT2D eigenvalue weighted by atomic mass is 10.2. The maximum atomic E-state index is 9.31. The van der Waals surface area contributed by atoms with Gasteiger partial charge in [0.15, 0.2) is 0 Å². The fraction of sp³-hybridized carbons (Fsp3) is 0.143. The van der Waals surface area contributed by atoms with Gasteiger partial charge in [0.25, 0.3) is 0 Å². The normalized spacial score (nSPS) is 10.2. The third-order valence-corrected chi connectivity index (χ3v) is 2.70. The Kier molecular flexibility index (Phi) is 3.89. The number of alkyl halides is 1. The van der Waals surface area contributed by atoms with Gasteiger partial charge in [-0.2, -0.15) is 0 Å². The van der Waals surface area contributed by atoms with E-state index >= 15 is 0 Å². The highest BCUT2D eigenvalue weighted by Gasteiger charge is 1.97. The molecular weight excluding hydrogens is 236 g/mol. The van der Waals surface area contributed by atoms with Gasteiger partial charge >= 0.3 is 0 Å². The van der Waals surface area contributed by atoms with Crippen LogP contribution in [0.5, 0.6) is 11.5 Å². The van der Waals surface area contributed by atoms with Gasteiger partial charge in [-0.25, -0.2) is 0 Å². The second-order valence-corrected chi connectivity index (χ2v) is 4.00. The maximum Gasteiger partial charge on any atom is 0.119 e. The fourth-order valence-corrected chi connectivity index (χ4v) is 1.67. The van der Waals surface area contributed by atoms with E-state index in [2.05, 4.69) is 0 Å². The predicted molar refractivity (Wildman–Crippen MR) is 68.4 cm³/mol. The van der Waals surface area contributed by atoms with Crippen molar-refractivity contribution in [1.29, 1.82) is 0 Å². The molecule has 0 unspecified atom stereocenters. The average Bonchev–Trinajstić information content (AvgIpc) is 2.37. The molecule has 1 N–H and O–H groups in total. The number of benzene rings is 2. The molecule has 0 radical (unpaired) electrons. The van der Waals surface area contributed by atoms with Crippen LogP contribution in [0.15, 0.2) is 48.5 Å². The Bertz CT molecular complexity index is 480. The van der Waals surface area contributed by atoms with Gasteiger partial charge in [0, 0.05) is 5.88 Å². The lowest BCUT2D eigenvalue weighted by molar-refractivity contribution is 0.305. The second kappa shape index (κ2) is 5.60. The minimum atomic E-state index is 0.253. The van der Waals surface area contributed by atoms with Crippen LogP contribution in [0.1, 0.15) is 11.1 Å². The highest BCUT2D eigenvalue weighted by Crippen LogP contribution is 2.17. The minimum Gasteiger partial charge on any atom is -0.508 e. The molecule has 2 nitrogen and oxygen atoms in total. The lowest BCUT2D eigenvalue weighted by Gasteiger charge is -2.07. The molecule has 0 amide bonds. The molecular formula is C14H13ClO2. The molecule has 0 saturated carbocycles. The summed E-state index contributed by atoms with van der Waals surface area (Å²) >= 11 is 5.70. The monoisotopic (exact) mass is 248 g/mol. The summed E-state index contributed by atoms with van der Waals surface area (Å²) in [7, 11) is 0. The van der Waals surface area contributed by atoms with Gasteiger partial charge in [-0.15, -0.1) is 11.6 Å². The summed E-state index contributed by atoms with van der Waals surface area (Å²) in [5.74, 6) is 1.55. The molecule has 2 aromatic rings. The molecule has 0 aromatic heterocycles. The summed E-state index contributed by atoms with van der Waals surface area (Å²) in [6, 6.07) is 14.7. The van der Waals surface area contributed by atoms with Crippen LogP contribution in [0.3, 0.4) is 0 Å². The Balaban J connectivity index is 1.97. The summed E-state index contributed by atoms with van der Waals surface area (Å²) in [6.45, 7) is 0.439. The van der Waals surface area contributed by atoms with Crippen LogP contribution in [0.25, 0.3) is 0 Å². The third-order valence-electron chi connectivity index (χ3n) is 2.39. The standard InChI is InChI=1S/C14H13ClO2/c15-9-11-4-6-14(7-5-11)17-10-12-2-1-3-13(16)8-12/h1-8,16H,9-10H2. The molecule has 88 valence electrons. The van der Waals surface area contributed by atoms with Gasteiger partial charge in [0.2, 0.25) is 0 Å². The Morgan fingerprint density at radius 2 is 1.76 bits per heavy atom. The molecule has 0 aliphatic heterocycles. The van der Waals surface area contributed by atoms with Gasteiger partial charge in [0.05, 0.1) is 0 Å². The first-order valence-corrected chi connectivity index (χ1v) is 5.87. The summed E-state index contributed by atoms with van der Waals surface area (Å²) < 4.78 is 5.59. The van der Waals surface area contributed by atoms with E-state index in [-0.39, 0.29) is 5.75 Å². The molecule has 2 aromatic carbocycles. The zero-order valence-corrected chi connectivity index (χ0v) is 10.0. The summed E-state index contributed by atoms with van der Waals surface area (Å²) in [5.41, 5.74) is 2.00. The van der Waals surface area contributed by atoms with Gasteiger partial charge in [-0.1, -0.05) is 24.3 Å². The number of halogens is 1. The molecule has 0 saturated heterocycles. The van der Waals surface area contributed by atoms with E-state index in [0.29, 0.717) is 12.5 Å². The van der Waals surface area contributed by atoms with Crippen LogP contribution >= 0.6 is 11.6 Å². The molecule has 17 heavy (non-hydrogen) atoms. The van der Waals surface area contributed by atoms with Crippen molar-refractivity contribution in [3.8, 4) is 11.5 Å². The smallest absolute Gasteiger partial charge is 0.119 e. The lowest BCUT2D eigenvalue weighted by Crippen LogP contribution is -1.95. The molecule has 0 fully saturated rings. The highest BCUT2D eigenvalue weighted by atomic mass is 35.5. The Morgan fingerprint density at radius 3 is 2.41 bits per heavy atom. The van der Waals surface area contributed by atoms with Crippen LogP contribution in [-0.2, 0) is 12.5 Å². The fourth-order valence-electron chi connectivity index (χ4n) is 1.49. The van der Waals surface area contributed by atoms with Crippen LogP contribution in [-0.4, -0.2) is 5.11 Å². The summed E-state index contributed by atoms with van der Waals surface area (Å²) in [4.78, 5) is 0. The summed E-state index contributed by atoms with van der Waals surface area (Å²) in [6.07, 6.45) is 0. The van der Waals surface area contributed by atoms with E-state index < -0.39 is 0 Å². The van der Waals surface area contributed by atoms with E-state index in [1.165, 1.54) is 0 Å². The van der Waals surface area contributed by atoms with E-state index in [1.807, 2.05) is 30.3 Å². The topological polar surface area (TPSA) is 29.5 Å². The molecule has 0 bridgehead atoms. The number of phenols is 1. The van der Waals surface area contributed by atoms with Crippen molar-refractivity contribution in [2.45, 2.75) is 12.5 Å². The van der Waals surface area contributed by atoms with Gasteiger partial charge < -0.3 is 9.84 Å². The molecule has 0 heterocycles. The zero-order chi connectivity index (χ0) is 12.1. The largest absolute Gasteiger partial charge is 0.508 e. The minimum absolute atomic E-state index is 0.253. The van der Waals surface area contributed by atoms with E-state index in [4.69, 9.17) is 16.3 Å². The number of rotatable bonds is 4. The molecule has 0 atom stereocenters. The van der Waals surface area contributed by atoms with Crippen molar-refractivity contribution in [3.05, 3.63) is 59.7 Å². The first kappa shape index (κ1) is 11.8. The van der Waals surface area contributed by atoms with Crippen molar-refractivity contribution in [1.82, 2.24) is 0 Å². The van der Waals surface area contributed by atoms with E-state index in [9.17, 15) is 5.11 Å². The Morgan fingerprint density at radius 1 is 1.00 bits per heavy atom. The SMILES string of the molecule is Oc1cccc(COc2ccc(CCl)cc2)c1. The van der Waals surface area contributed by atoms with Gasteiger partial charge in [-0.05, 0) is 35.4 Å². The van der Waals surface area contributed by atoms with Crippen molar-refractivity contribution in [2.75, 3.05) is 0 Å². The van der Waals surface area contributed by atoms with Crippen molar-refractivity contribution in [2.24, 2.45) is 0 Å². The highest BCUT2D eigenvalue weighted by molar-refractivity contribution is 6.17. The number of phenolic OH excluding ortho intramolecular Hbond substituents is 1. The Hall–Kier alpha value is -1.67. The molecule has 2 rings (SSSR count). The molecule has 3 heteroatoms. The number of aromatic hydroxyl groups is 1. The first-order chi connectivity index (χ1) is 8.28. The van der Waals surface area contributed by atoms with Crippen molar-refractivity contribution in [3.63, 3.8) is 0 Å². The van der Waals surface area contributed by atoms with Crippen LogP contribution < -0.4 is 4.74 Å². The van der Waals surface area contributed by atoms with Crippen LogP contribution in [0, 0.1) is 0 Å². The second-order valence-electron chi connectivity index (χ2n) is 3.74. The summed E-state index contributed by atoms with van der Waals surface area (Å²) in [5, 5.41) is 9.31. The van der Waals surface area contributed by atoms with Crippen LogP contribution in [0.2, 0.25) is 0 Å². The molecule has 0 aliphatic rings. The van der Waals surface area contributed by atoms with Crippen molar-refractivity contribution >= 4 is 11.6 Å². The first-order valence-electron chi connectivity index (χ1n) is 5.33.